The van der Waals surface area contributed by atoms with E-state index in [-0.39, 0.29) is 37.6 Å². The third kappa shape index (κ3) is 6.42. The summed E-state index contributed by atoms with van der Waals surface area (Å²) in [6.45, 7) is 2.40. The second-order valence-corrected chi connectivity index (χ2v) is 9.22. The van der Waals surface area contributed by atoms with Crippen molar-refractivity contribution < 1.29 is 40.7 Å². The lowest BCUT2D eigenvalue weighted by molar-refractivity contribution is -0.143. The smallest absolute Gasteiger partial charge is 0.372 e. The maximum Gasteiger partial charge on any atom is 0.416 e. The molecular formula is C25H27F6N3O3. The van der Waals surface area contributed by atoms with Crippen LogP contribution in [0.25, 0.3) is 0 Å². The molecule has 6 nitrogen and oxygen atoms in total. The topological polar surface area (TPSA) is 93.5 Å². The van der Waals surface area contributed by atoms with Gasteiger partial charge in [-0.3, -0.25) is 9.59 Å². The number of carbonyl (C=O) groups is 2. The van der Waals surface area contributed by atoms with Crippen molar-refractivity contribution in [1.29, 1.82) is 0 Å². The van der Waals surface area contributed by atoms with Crippen molar-refractivity contribution in [2.45, 2.75) is 56.2 Å². The average molecular weight is 531 g/mol. The highest BCUT2D eigenvalue weighted by Gasteiger charge is 2.48. The van der Waals surface area contributed by atoms with E-state index in [1.165, 1.54) is 13.8 Å². The number of primary amides is 1. The predicted molar refractivity (Wildman–Crippen MR) is 122 cm³/mol. The lowest BCUT2D eigenvalue weighted by Crippen LogP contribution is -2.69. The van der Waals surface area contributed by atoms with Gasteiger partial charge in [0.1, 0.15) is 5.54 Å². The average Bonchev–Trinajstić information content (AvgIpc) is 2.82. The van der Waals surface area contributed by atoms with Gasteiger partial charge in [-0.2, -0.15) is 26.3 Å². The van der Waals surface area contributed by atoms with Crippen molar-refractivity contribution in [3.05, 3.63) is 70.8 Å². The Morgan fingerprint density at radius 3 is 2.03 bits per heavy atom. The molecule has 0 bridgehead atoms. The molecule has 1 saturated heterocycles. The second-order valence-electron chi connectivity index (χ2n) is 9.22. The maximum atomic E-state index is 13.3. The first-order valence-corrected chi connectivity index (χ1v) is 11.4. The van der Waals surface area contributed by atoms with E-state index in [9.17, 15) is 35.9 Å². The van der Waals surface area contributed by atoms with Gasteiger partial charge < -0.3 is 21.1 Å². The molecule has 1 aliphatic heterocycles. The molecule has 0 saturated carbocycles. The van der Waals surface area contributed by atoms with Crippen LogP contribution in [0, 0.1) is 0 Å². The van der Waals surface area contributed by atoms with Gasteiger partial charge in [-0.15, -0.1) is 0 Å². The van der Waals surface area contributed by atoms with Crippen LogP contribution in [0.5, 0.6) is 0 Å². The fraction of sp³-hybridized carbons (Fsp3) is 0.440. The second kappa shape index (κ2) is 10.3. The molecule has 1 unspecified atom stereocenters. The number of hydrogen-bond acceptors (Lipinski definition) is 4. The van der Waals surface area contributed by atoms with Crippen molar-refractivity contribution in [3.8, 4) is 0 Å². The lowest BCUT2D eigenvalue weighted by Gasteiger charge is -2.46. The molecular weight excluding hydrogens is 504 g/mol. The molecule has 1 fully saturated rings. The monoisotopic (exact) mass is 531 g/mol. The van der Waals surface area contributed by atoms with Crippen molar-refractivity contribution in [3.63, 3.8) is 0 Å². The van der Waals surface area contributed by atoms with Gasteiger partial charge in [-0.1, -0.05) is 30.3 Å². The number of alkyl halides is 6. The number of hydrogen-bond donors (Lipinski definition) is 3. The van der Waals surface area contributed by atoms with E-state index >= 15 is 0 Å². The first-order chi connectivity index (χ1) is 17.1. The summed E-state index contributed by atoms with van der Waals surface area (Å²) in [6, 6.07) is 10.2. The molecule has 1 aliphatic rings. The number of rotatable bonds is 7. The third-order valence-electron chi connectivity index (χ3n) is 6.58. The highest BCUT2D eigenvalue weighted by Crippen LogP contribution is 2.39. The summed E-state index contributed by atoms with van der Waals surface area (Å²) in [5.74, 6) is -1.20. The minimum atomic E-state index is -4.98. The van der Waals surface area contributed by atoms with Gasteiger partial charge in [0.05, 0.1) is 29.4 Å². The Hall–Kier alpha value is -3.12. The zero-order chi connectivity index (χ0) is 27.6. The molecule has 2 aromatic carbocycles. The van der Waals surface area contributed by atoms with E-state index in [4.69, 9.17) is 10.5 Å². The summed E-state index contributed by atoms with van der Waals surface area (Å²) in [4.78, 5) is 23.9. The van der Waals surface area contributed by atoms with Crippen LogP contribution in [0.15, 0.2) is 48.5 Å². The molecule has 0 radical (unpaired) electrons. The summed E-state index contributed by atoms with van der Waals surface area (Å²) in [7, 11) is 0. The van der Waals surface area contributed by atoms with Crippen LogP contribution in [-0.2, 0) is 32.2 Å². The van der Waals surface area contributed by atoms with E-state index in [1.54, 1.807) is 30.3 Å². The van der Waals surface area contributed by atoms with Crippen LogP contribution in [0.2, 0.25) is 0 Å². The van der Waals surface area contributed by atoms with Crippen LogP contribution in [0.1, 0.15) is 55.0 Å². The molecule has 12 heteroatoms. The Bertz CT molecular complexity index is 1090. The molecule has 1 heterocycles. The minimum absolute atomic E-state index is 0.0592. The third-order valence-corrected chi connectivity index (χ3v) is 6.58. The summed E-state index contributed by atoms with van der Waals surface area (Å²) >= 11 is 0. The quantitative estimate of drug-likeness (QED) is 0.461. The predicted octanol–water partition coefficient (Wildman–Crippen LogP) is 4.44. The molecule has 2 amide bonds. The van der Waals surface area contributed by atoms with E-state index in [1.807, 2.05) is 0 Å². The number of ether oxygens (including phenoxy) is 1. The zero-order valence-corrected chi connectivity index (χ0v) is 20.1. The summed E-state index contributed by atoms with van der Waals surface area (Å²) in [5, 5.41) is 5.79. The normalized spacial score (nSPS) is 23.4. The highest BCUT2D eigenvalue weighted by molar-refractivity contribution is 5.90. The summed E-state index contributed by atoms with van der Waals surface area (Å²) < 4.78 is 85.7. The van der Waals surface area contributed by atoms with Gasteiger partial charge in [-0.05, 0) is 49.1 Å². The first-order valence-electron chi connectivity index (χ1n) is 11.4. The van der Waals surface area contributed by atoms with Crippen LogP contribution in [0.3, 0.4) is 0 Å². The van der Waals surface area contributed by atoms with Gasteiger partial charge in [0.15, 0.2) is 0 Å². The van der Waals surface area contributed by atoms with Gasteiger partial charge in [-0.25, -0.2) is 0 Å². The van der Waals surface area contributed by atoms with E-state index < -0.39 is 52.5 Å². The molecule has 3 atom stereocenters. The van der Waals surface area contributed by atoms with E-state index in [0.717, 1.165) is 5.56 Å². The van der Waals surface area contributed by atoms with E-state index in [0.29, 0.717) is 12.1 Å². The summed E-state index contributed by atoms with van der Waals surface area (Å²) in [5.41, 5.74) is 0.829. The molecule has 2 aromatic rings. The molecule has 202 valence electrons. The van der Waals surface area contributed by atoms with Crippen LogP contribution in [0.4, 0.5) is 26.3 Å². The lowest BCUT2D eigenvalue weighted by atomic mass is 9.76. The van der Waals surface area contributed by atoms with Crippen LogP contribution in [-0.4, -0.2) is 30.5 Å². The Morgan fingerprint density at radius 1 is 1.03 bits per heavy atom. The number of nitrogens with one attached hydrogen (secondary N) is 2. The minimum Gasteiger partial charge on any atom is -0.372 e. The summed E-state index contributed by atoms with van der Waals surface area (Å²) in [6.07, 6.45) is -10.7. The zero-order valence-electron chi connectivity index (χ0n) is 20.1. The fourth-order valence-electron chi connectivity index (χ4n) is 4.43. The van der Waals surface area contributed by atoms with Crippen LogP contribution >= 0.6 is 0 Å². The van der Waals surface area contributed by atoms with Crippen LogP contribution < -0.4 is 16.4 Å². The van der Waals surface area contributed by atoms with Crippen molar-refractivity contribution in [2.24, 2.45) is 5.73 Å². The molecule has 0 spiro atoms. The largest absolute Gasteiger partial charge is 0.416 e. The number of carbonyl (C=O) groups excluding carboxylic acids is 2. The Morgan fingerprint density at radius 2 is 1.59 bits per heavy atom. The molecule has 3 rings (SSSR count). The number of nitrogens with two attached hydrogens (primary N) is 1. The van der Waals surface area contributed by atoms with Gasteiger partial charge >= 0.3 is 12.4 Å². The number of halogens is 6. The van der Waals surface area contributed by atoms with Crippen molar-refractivity contribution in [2.75, 3.05) is 13.2 Å². The number of benzene rings is 2. The Kier molecular flexibility index (Phi) is 7.94. The number of piperidine rings is 1. The van der Waals surface area contributed by atoms with E-state index in [2.05, 4.69) is 10.6 Å². The number of amides is 2. The van der Waals surface area contributed by atoms with Crippen molar-refractivity contribution >= 4 is 11.8 Å². The van der Waals surface area contributed by atoms with Gasteiger partial charge in [0.2, 0.25) is 11.8 Å². The SMILES string of the molecule is CC(=O)N[C@@]1(C(N)=O)CC[C@@](COC(C)c2cc(C(F)(F)F)cc(C(F)(F)F)c2)(c2ccccc2)NC1. The standard InChI is InChI=1S/C25H27F6N3O3/c1-15(17-10-19(24(26,27)28)12-20(11-17)25(29,30)31)37-14-23(18-6-4-3-5-7-18)9-8-22(13-33-23,21(32)36)34-16(2)35/h3-7,10-12,15,33H,8-9,13-14H2,1-2H3,(H2,32,36)(H,34,35)/t15?,22-,23+/m0/s1. The van der Waals surface area contributed by atoms with Crippen molar-refractivity contribution in [1.82, 2.24) is 10.6 Å². The first kappa shape index (κ1) is 28.5. The maximum absolute atomic E-state index is 13.3. The molecule has 0 aliphatic carbocycles. The molecule has 4 N–H and O–H groups in total. The fourth-order valence-corrected chi connectivity index (χ4v) is 4.43. The molecule has 37 heavy (non-hydrogen) atoms. The van der Waals surface area contributed by atoms with Gasteiger partial charge in [0.25, 0.3) is 0 Å². The Labute approximate surface area is 209 Å². The Balaban J connectivity index is 1.90. The van der Waals surface area contributed by atoms with Gasteiger partial charge in [0, 0.05) is 13.5 Å². The molecule has 0 aromatic heterocycles. The highest BCUT2D eigenvalue weighted by atomic mass is 19.4.